The zero-order valence-corrected chi connectivity index (χ0v) is 18.8. The zero-order chi connectivity index (χ0) is 21.4. The molecule has 1 aromatic heterocycles. The van der Waals surface area contributed by atoms with Crippen molar-refractivity contribution in [2.75, 3.05) is 20.2 Å². The molecule has 2 aliphatic rings. The van der Waals surface area contributed by atoms with Gasteiger partial charge in [-0.2, -0.15) is 8.75 Å². The molecule has 1 amide bonds. The molecular formula is C24H28N4O2S. The number of fused-ring (bicyclic) bond motifs is 3. The van der Waals surface area contributed by atoms with Crippen LogP contribution in [0.15, 0.2) is 42.5 Å². The Kier molecular flexibility index (Phi) is 5.50. The van der Waals surface area contributed by atoms with Crippen LogP contribution in [0.2, 0.25) is 0 Å². The van der Waals surface area contributed by atoms with E-state index < -0.39 is 0 Å². The van der Waals surface area contributed by atoms with Crippen molar-refractivity contribution in [1.82, 2.24) is 19.0 Å². The van der Waals surface area contributed by atoms with E-state index in [1.54, 1.807) is 7.11 Å². The maximum absolute atomic E-state index is 12.3. The molecule has 5 rings (SSSR count). The van der Waals surface area contributed by atoms with E-state index >= 15 is 0 Å². The molecule has 0 radical (unpaired) electrons. The first-order valence-electron chi connectivity index (χ1n) is 11.0. The number of benzene rings is 2. The lowest BCUT2D eigenvalue weighted by atomic mass is 9.72. The van der Waals surface area contributed by atoms with Crippen LogP contribution in [0.5, 0.6) is 0 Å². The van der Waals surface area contributed by atoms with Gasteiger partial charge in [0.1, 0.15) is 11.0 Å². The molecule has 162 valence electrons. The number of rotatable bonds is 5. The summed E-state index contributed by atoms with van der Waals surface area (Å²) in [6, 6.07) is 14.9. The minimum absolute atomic E-state index is 0.0417. The second-order valence-corrected chi connectivity index (χ2v) is 9.19. The third-order valence-electron chi connectivity index (χ3n) is 7.04. The average Bonchev–Trinajstić information content (AvgIpc) is 3.36. The lowest BCUT2D eigenvalue weighted by molar-refractivity contribution is -0.123. The first-order valence-corrected chi connectivity index (χ1v) is 11.7. The lowest BCUT2D eigenvalue weighted by Gasteiger charge is -2.44. The Morgan fingerprint density at radius 3 is 2.74 bits per heavy atom. The Balaban J connectivity index is 1.36. The third kappa shape index (κ3) is 3.54. The highest BCUT2D eigenvalue weighted by molar-refractivity contribution is 7.00. The van der Waals surface area contributed by atoms with E-state index in [1.807, 2.05) is 6.92 Å². The van der Waals surface area contributed by atoms with E-state index in [0.717, 1.165) is 43.5 Å². The van der Waals surface area contributed by atoms with Gasteiger partial charge in [-0.3, -0.25) is 9.69 Å². The highest BCUT2D eigenvalue weighted by Gasteiger charge is 2.53. The molecule has 0 unspecified atom stereocenters. The predicted molar refractivity (Wildman–Crippen MR) is 122 cm³/mol. The molecular weight excluding hydrogens is 408 g/mol. The highest BCUT2D eigenvalue weighted by atomic mass is 32.1. The minimum atomic E-state index is -0.0835. The number of nitrogens with zero attached hydrogens (tertiary/aromatic N) is 3. The number of hydrogen-bond acceptors (Lipinski definition) is 6. The molecule has 31 heavy (non-hydrogen) atoms. The second kappa shape index (κ2) is 8.30. The number of hydrogen-bond donors (Lipinski definition) is 1. The molecule has 1 aliphatic carbocycles. The fourth-order valence-electron chi connectivity index (χ4n) is 5.50. The first-order chi connectivity index (χ1) is 15.1. The molecule has 2 heterocycles. The molecule has 1 aliphatic heterocycles. The van der Waals surface area contributed by atoms with Crippen LogP contribution >= 0.6 is 11.7 Å². The topological polar surface area (TPSA) is 67.4 Å². The number of methoxy groups -OCH3 is 1. The van der Waals surface area contributed by atoms with Crippen molar-refractivity contribution in [3.8, 4) is 0 Å². The maximum atomic E-state index is 12.3. The molecule has 0 bridgehead atoms. The molecule has 2 aromatic carbocycles. The number of carbonyl (C=O) groups is 1. The molecule has 3 aromatic rings. The molecule has 1 fully saturated rings. The molecule has 6 nitrogen and oxygen atoms in total. The van der Waals surface area contributed by atoms with E-state index in [1.165, 1.54) is 28.4 Å². The van der Waals surface area contributed by atoms with Crippen LogP contribution in [0.3, 0.4) is 0 Å². The van der Waals surface area contributed by atoms with Gasteiger partial charge in [-0.05, 0) is 54.8 Å². The lowest BCUT2D eigenvalue weighted by Crippen LogP contribution is -2.50. The van der Waals surface area contributed by atoms with Gasteiger partial charge < -0.3 is 10.1 Å². The quantitative estimate of drug-likeness (QED) is 0.659. The number of aromatic nitrogens is 2. The SMILES string of the molecule is CCC(=O)N[C@@H]1c2ccccc2C2(CCN(Cc3ccc4nsnc4c3)CC2)[C@H]1OC. The highest BCUT2D eigenvalue weighted by Crippen LogP contribution is 2.52. The Morgan fingerprint density at radius 1 is 1.19 bits per heavy atom. The molecule has 1 spiro atoms. The van der Waals surface area contributed by atoms with Crippen LogP contribution in [0.25, 0.3) is 11.0 Å². The zero-order valence-electron chi connectivity index (χ0n) is 18.0. The van der Waals surface area contributed by atoms with Crippen LogP contribution in [0.1, 0.15) is 48.9 Å². The van der Waals surface area contributed by atoms with Crippen LogP contribution in [0, 0.1) is 0 Å². The van der Waals surface area contributed by atoms with E-state index in [9.17, 15) is 4.79 Å². The number of piperidine rings is 1. The minimum Gasteiger partial charge on any atom is -0.378 e. The predicted octanol–water partition coefficient (Wildman–Crippen LogP) is 3.82. The third-order valence-corrected chi connectivity index (χ3v) is 7.60. The summed E-state index contributed by atoms with van der Waals surface area (Å²) in [6.45, 7) is 4.80. The summed E-state index contributed by atoms with van der Waals surface area (Å²) in [7, 11) is 1.78. The van der Waals surface area contributed by atoms with Gasteiger partial charge in [-0.25, -0.2) is 0 Å². The summed E-state index contributed by atoms with van der Waals surface area (Å²) < 4.78 is 14.8. The summed E-state index contributed by atoms with van der Waals surface area (Å²) in [5, 5.41) is 3.23. The average molecular weight is 437 g/mol. The van der Waals surface area contributed by atoms with Gasteiger partial charge >= 0.3 is 0 Å². The van der Waals surface area contributed by atoms with Gasteiger partial charge in [0.05, 0.1) is 23.9 Å². The first kappa shape index (κ1) is 20.5. The molecule has 1 saturated heterocycles. The molecule has 2 atom stereocenters. The molecule has 0 saturated carbocycles. The number of carbonyl (C=O) groups excluding carboxylic acids is 1. The Labute approximate surface area is 186 Å². The van der Waals surface area contributed by atoms with Crippen LogP contribution < -0.4 is 5.32 Å². The monoisotopic (exact) mass is 436 g/mol. The normalized spacial score (nSPS) is 22.6. The van der Waals surface area contributed by atoms with Gasteiger partial charge in [-0.1, -0.05) is 37.3 Å². The van der Waals surface area contributed by atoms with E-state index in [-0.39, 0.29) is 23.5 Å². The van der Waals surface area contributed by atoms with Crippen LogP contribution in [-0.2, 0) is 21.5 Å². The van der Waals surface area contributed by atoms with E-state index in [2.05, 4.69) is 61.4 Å². The van der Waals surface area contributed by atoms with Gasteiger partial charge in [0, 0.05) is 25.5 Å². The van der Waals surface area contributed by atoms with Crippen molar-refractivity contribution in [3.63, 3.8) is 0 Å². The summed E-state index contributed by atoms with van der Waals surface area (Å²) >= 11 is 1.26. The van der Waals surface area contributed by atoms with Crippen molar-refractivity contribution >= 4 is 28.7 Å². The standard InChI is InChI=1S/C24H28N4O2S/c1-3-21(29)25-22-17-6-4-5-7-18(17)24(23(22)30-2)10-12-28(13-11-24)15-16-8-9-19-20(14-16)27-31-26-19/h4-9,14,22-23H,3,10-13,15H2,1-2H3,(H,25,29)/t22-,23+/m1/s1. The number of ether oxygens (including phenoxy) is 1. The van der Waals surface area contributed by atoms with Gasteiger partial charge in [-0.15, -0.1) is 0 Å². The van der Waals surface area contributed by atoms with Crippen molar-refractivity contribution in [2.24, 2.45) is 0 Å². The summed E-state index contributed by atoms with van der Waals surface area (Å²) in [6.07, 6.45) is 2.47. The molecule has 7 heteroatoms. The van der Waals surface area contributed by atoms with Crippen molar-refractivity contribution in [2.45, 2.75) is 50.3 Å². The Morgan fingerprint density at radius 2 is 1.97 bits per heavy atom. The second-order valence-electron chi connectivity index (χ2n) is 8.66. The maximum Gasteiger partial charge on any atom is 0.220 e. The summed E-state index contributed by atoms with van der Waals surface area (Å²) in [5.41, 5.74) is 5.73. The molecule has 1 N–H and O–H groups in total. The fourth-order valence-corrected chi connectivity index (χ4v) is 6.01. The fraction of sp³-hybridized carbons (Fsp3) is 0.458. The summed E-state index contributed by atoms with van der Waals surface area (Å²) in [5.74, 6) is 0.0725. The van der Waals surface area contributed by atoms with Crippen LogP contribution in [0.4, 0.5) is 0 Å². The Bertz CT molecular complexity index is 1090. The summed E-state index contributed by atoms with van der Waals surface area (Å²) in [4.78, 5) is 14.8. The van der Waals surface area contributed by atoms with E-state index in [0.29, 0.717) is 6.42 Å². The van der Waals surface area contributed by atoms with Gasteiger partial charge in [0.2, 0.25) is 5.91 Å². The van der Waals surface area contributed by atoms with Crippen LogP contribution in [-0.4, -0.2) is 45.9 Å². The van der Waals surface area contributed by atoms with E-state index in [4.69, 9.17) is 4.74 Å². The van der Waals surface area contributed by atoms with Gasteiger partial charge in [0.25, 0.3) is 0 Å². The van der Waals surface area contributed by atoms with Gasteiger partial charge in [0.15, 0.2) is 0 Å². The number of likely N-dealkylation sites (tertiary alicyclic amines) is 1. The smallest absolute Gasteiger partial charge is 0.220 e. The number of amides is 1. The Hall–Kier alpha value is -2.35. The van der Waals surface area contributed by atoms with Crippen molar-refractivity contribution in [3.05, 3.63) is 59.2 Å². The largest absolute Gasteiger partial charge is 0.378 e. The van der Waals surface area contributed by atoms with Crippen molar-refractivity contribution < 1.29 is 9.53 Å². The van der Waals surface area contributed by atoms with Crippen molar-refractivity contribution in [1.29, 1.82) is 0 Å². The number of nitrogens with one attached hydrogen (secondary N) is 1.